The van der Waals surface area contributed by atoms with Crippen molar-refractivity contribution in [3.05, 3.63) is 30.1 Å². The maximum atomic E-state index is 9.41. The summed E-state index contributed by atoms with van der Waals surface area (Å²) in [4.78, 5) is 14.3. The van der Waals surface area contributed by atoms with Crippen molar-refractivity contribution < 1.29 is 0 Å². The topological polar surface area (TPSA) is 68.1 Å². The quantitative estimate of drug-likeness (QED) is 0.886. The average Bonchev–Trinajstić information content (AvgIpc) is 3.39. The lowest BCUT2D eigenvalue weighted by atomic mass is 9.84. The molecule has 6 rings (SSSR count). The van der Waals surface area contributed by atoms with E-state index in [-0.39, 0.29) is 0 Å². The number of benzene rings is 1. The molecule has 2 aromatic rings. The second kappa shape index (κ2) is 6.13. The third kappa shape index (κ3) is 2.53. The Kier molecular flexibility index (Phi) is 3.66. The van der Waals surface area contributed by atoms with Gasteiger partial charge in [0.05, 0.1) is 11.3 Å². The van der Waals surface area contributed by atoms with Crippen molar-refractivity contribution in [2.45, 2.75) is 25.3 Å². The number of likely N-dealkylation sites (tertiary alicyclic amines) is 1. The molecule has 3 atom stereocenters. The van der Waals surface area contributed by atoms with Crippen molar-refractivity contribution in [3.63, 3.8) is 0 Å². The van der Waals surface area contributed by atoms with Gasteiger partial charge in [0.1, 0.15) is 17.1 Å². The highest BCUT2D eigenvalue weighted by Gasteiger charge is 2.55. The second-order valence-electron chi connectivity index (χ2n) is 9.26. The SMILES string of the molecule is N#Cc1ccc(N2CC(CN3CCC4NCC4C3)C3(CC3)C2)c2nccnc12. The van der Waals surface area contributed by atoms with Crippen LogP contribution in [-0.2, 0) is 0 Å². The summed E-state index contributed by atoms with van der Waals surface area (Å²) in [7, 11) is 0. The van der Waals surface area contributed by atoms with Gasteiger partial charge in [0.15, 0.2) is 0 Å². The average molecular weight is 374 g/mol. The number of fused-ring (bicyclic) bond motifs is 2. The first kappa shape index (κ1) is 16.7. The zero-order chi connectivity index (χ0) is 18.7. The van der Waals surface area contributed by atoms with Crippen molar-refractivity contribution in [1.29, 1.82) is 5.26 Å². The summed E-state index contributed by atoms with van der Waals surface area (Å²) in [6.07, 6.45) is 7.44. The van der Waals surface area contributed by atoms with E-state index in [9.17, 15) is 5.26 Å². The van der Waals surface area contributed by atoms with E-state index >= 15 is 0 Å². The molecule has 28 heavy (non-hydrogen) atoms. The smallest absolute Gasteiger partial charge is 0.113 e. The van der Waals surface area contributed by atoms with Gasteiger partial charge in [0.2, 0.25) is 0 Å². The molecule has 1 spiro atoms. The fraction of sp³-hybridized carbons (Fsp3) is 0.591. The summed E-state index contributed by atoms with van der Waals surface area (Å²) < 4.78 is 0. The predicted octanol–water partition coefficient (Wildman–Crippen LogP) is 2.01. The molecule has 3 saturated heterocycles. The Morgan fingerprint density at radius 3 is 2.75 bits per heavy atom. The largest absolute Gasteiger partial charge is 0.369 e. The molecule has 3 unspecified atom stereocenters. The van der Waals surface area contributed by atoms with Crippen molar-refractivity contribution in [2.24, 2.45) is 17.3 Å². The number of nitrogens with one attached hydrogen (secondary N) is 1. The summed E-state index contributed by atoms with van der Waals surface area (Å²) >= 11 is 0. The van der Waals surface area contributed by atoms with E-state index in [1.54, 1.807) is 12.4 Å². The summed E-state index contributed by atoms with van der Waals surface area (Å²) in [5, 5.41) is 13.0. The summed E-state index contributed by atoms with van der Waals surface area (Å²) in [6, 6.07) is 7.04. The Labute approximate surface area is 165 Å². The van der Waals surface area contributed by atoms with Crippen molar-refractivity contribution in [3.8, 4) is 6.07 Å². The fourth-order valence-corrected chi connectivity index (χ4v) is 5.79. The van der Waals surface area contributed by atoms with E-state index < -0.39 is 0 Å². The van der Waals surface area contributed by atoms with Crippen LogP contribution in [0.4, 0.5) is 5.69 Å². The Morgan fingerprint density at radius 2 is 2.04 bits per heavy atom. The molecular weight excluding hydrogens is 348 g/mol. The molecule has 1 aromatic heterocycles. The highest BCUT2D eigenvalue weighted by atomic mass is 15.2. The Balaban J connectivity index is 1.25. The zero-order valence-electron chi connectivity index (χ0n) is 16.1. The summed E-state index contributed by atoms with van der Waals surface area (Å²) in [6.45, 7) is 7.18. The minimum Gasteiger partial charge on any atom is -0.369 e. The molecule has 4 aliphatic rings. The molecule has 4 heterocycles. The molecule has 0 amide bonds. The first-order valence-corrected chi connectivity index (χ1v) is 10.6. The normalized spacial score (nSPS) is 30.8. The lowest BCUT2D eigenvalue weighted by molar-refractivity contribution is 0.0677. The molecule has 4 fully saturated rings. The highest BCUT2D eigenvalue weighted by Crippen LogP contribution is 2.57. The van der Waals surface area contributed by atoms with Crippen LogP contribution in [0, 0.1) is 28.6 Å². The Hall–Kier alpha value is -2.23. The van der Waals surface area contributed by atoms with Crippen LogP contribution < -0.4 is 10.2 Å². The van der Waals surface area contributed by atoms with Crippen molar-refractivity contribution in [1.82, 2.24) is 20.2 Å². The zero-order valence-corrected chi connectivity index (χ0v) is 16.1. The van der Waals surface area contributed by atoms with Crippen LogP contribution in [0.3, 0.4) is 0 Å². The van der Waals surface area contributed by atoms with E-state index in [0.717, 1.165) is 47.7 Å². The third-order valence-electron chi connectivity index (χ3n) is 7.71. The minimum atomic E-state index is 0.497. The van der Waals surface area contributed by atoms with E-state index in [4.69, 9.17) is 0 Å². The standard InChI is InChI=1S/C22H26N6/c23-9-15-1-2-19(21-20(15)24-6-7-25-21)28-13-17(22(14-28)4-5-22)12-27-8-3-18-16(11-27)10-26-18/h1-2,6-7,16-18,26H,3-5,8,10-14H2. The summed E-state index contributed by atoms with van der Waals surface area (Å²) in [5.74, 6) is 1.61. The fourth-order valence-electron chi connectivity index (χ4n) is 5.79. The van der Waals surface area contributed by atoms with Gasteiger partial charge in [-0.1, -0.05) is 0 Å². The van der Waals surface area contributed by atoms with E-state index in [2.05, 4.69) is 37.2 Å². The number of anilines is 1. The maximum Gasteiger partial charge on any atom is 0.113 e. The molecule has 6 nitrogen and oxygen atoms in total. The van der Waals surface area contributed by atoms with Gasteiger partial charge in [-0.2, -0.15) is 5.26 Å². The van der Waals surface area contributed by atoms with Crippen LogP contribution in [0.25, 0.3) is 11.0 Å². The van der Waals surface area contributed by atoms with Gasteiger partial charge < -0.3 is 15.1 Å². The van der Waals surface area contributed by atoms with Crippen LogP contribution in [0.2, 0.25) is 0 Å². The summed E-state index contributed by atoms with van der Waals surface area (Å²) in [5.41, 5.74) is 3.87. The van der Waals surface area contributed by atoms with E-state index in [0.29, 0.717) is 11.0 Å². The van der Waals surface area contributed by atoms with Crippen LogP contribution in [0.1, 0.15) is 24.8 Å². The highest BCUT2D eigenvalue weighted by molar-refractivity contribution is 5.92. The Bertz CT molecular complexity index is 961. The second-order valence-corrected chi connectivity index (χ2v) is 9.26. The predicted molar refractivity (Wildman–Crippen MR) is 108 cm³/mol. The van der Waals surface area contributed by atoms with Gasteiger partial charge >= 0.3 is 0 Å². The minimum absolute atomic E-state index is 0.497. The third-order valence-corrected chi connectivity index (χ3v) is 7.71. The molecule has 144 valence electrons. The number of nitriles is 1. The van der Waals surface area contributed by atoms with Gasteiger partial charge in [-0.25, -0.2) is 0 Å². The van der Waals surface area contributed by atoms with E-state index in [1.807, 2.05) is 6.07 Å². The first-order valence-electron chi connectivity index (χ1n) is 10.6. The van der Waals surface area contributed by atoms with Gasteiger partial charge in [-0.15, -0.1) is 0 Å². The van der Waals surface area contributed by atoms with Crippen LogP contribution in [0.15, 0.2) is 24.5 Å². The van der Waals surface area contributed by atoms with Gasteiger partial charge in [-0.3, -0.25) is 9.97 Å². The number of rotatable bonds is 3. The van der Waals surface area contributed by atoms with Crippen LogP contribution in [-0.4, -0.2) is 60.2 Å². The van der Waals surface area contributed by atoms with Crippen molar-refractivity contribution in [2.75, 3.05) is 44.2 Å². The van der Waals surface area contributed by atoms with Gasteiger partial charge in [0, 0.05) is 51.2 Å². The molecule has 1 saturated carbocycles. The Morgan fingerprint density at radius 1 is 1.18 bits per heavy atom. The molecule has 1 aliphatic carbocycles. The van der Waals surface area contributed by atoms with Gasteiger partial charge in [-0.05, 0) is 55.2 Å². The monoisotopic (exact) mass is 374 g/mol. The van der Waals surface area contributed by atoms with E-state index in [1.165, 1.54) is 45.4 Å². The van der Waals surface area contributed by atoms with Gasteiger partial charge in [0.25, 0.3) is 0 Å². The molecule has 3 aliphatic heterocycles. The number of hydrogen-bond acceptors (Lipinski definition) is 6. The van der Waals surface area contributed by atoms with Crippen molar-refractivity contribution >= 4 is 16.7 Å². The number of nitrogens with zero attached hydrogens (tertiary/aromatic N) is 5. The molecule has 1 aromatic carbocycles. The number of hydrogen-bond donors (Lipinski definition) is 1. The number of piperidine rings is 1. The lowest BCUT2D eigenvalue weighted by Gasteiger charge is -2.47. The lowest BCUT2D eigenvalue weighted by Crippen LogP contribution is -2.61. The maximum absolute atomic E-state index is 9.41. The molecule has 1 N–H and O–H groups in total. The first-order chi connectivity index (χ1) is 13.8. The number of aromatic nitrogens is 2. The molecule has 0 radical (unpaired) electrons. The molecule has 6 heteroatoms. The molecular formula is C22H26N6. The molecule has 0 bridgehead atoms. The van der Waals surface area contributed by atoms with Crippen LogP contribution >= 0.6 is 0 Å². The van der Waals surface area contributed by atoms with Crippen LogP contribution in [0.5, 0.6) is 0 Å².